The van der Waals surface area contributed by atoms with Crippen molar-refractivity contribution in [3.8, 4) is 0 Å². The molecule has 0 bridgehead atoms. The number of likely N-dealkylation sites (N-methyl/N-ethyl adjacent to an activating group) is 2. The van der Waals surface area contributed by atoms with Crippen LogP contribution in [0.4, 0.5) is 0 Å². The normalized spacial score (nSPS) is 11.5. The average molecular weight is 209 g/mol. The minimum Gasteiger partial charge on any atom is -0.305 e. The van der Waals surface area contributed by atoms with Crippen molar-refractivity contribution in [2.75, 3.05) is 33.2 Å². The van der Waals surface area contributed by atoms with Crippen LogP contribution in [0.15, 0.2) is 0 Å². The lowest BCUT2D eigenvalue weighted by Gasteiger charge is -2.21. The van der Waals surface area contributed by atoms with Crippen molar-refractivity contribution >= 4 is 24.9 Å². The lowest BCUT2D eigenvalue weighted by molar-refractivity contribution is 0.319. The molecule has 0 amide bonds. The highest BCUT2D eigenvalue weighted by atomic mass is 32.2. The van der Waals surface area contributed by atoms with E-state index in [1.54, 1.807) is 12.1 Å². The van der Waals surface area contributed by atoms with Gasteiger partial charge >= 0.3 is 0 Å². The third-order valence-electron chi connectivity index (χ3n) is 1.79. The Hall–Kier alpha value is 0.580. The van der Waals surface area contributed by atoms with Crippen molar-refractivity contribution in [2.45, 2.75) is 13.8 Å². The molecule has 3 nitrogen and oxygen atoms in total. The van der Waals surface area contributed by atoms with Crippen LogP contribution in [0.5, 0.6) is 0 Å². The SMILES string of the molecule is CCN(C)CCN(CC)SNS. The predicted octanol–water partition coefficient (Wildman–Crippen LogP) is 1.26. The van der Waals surface area contributed by atoms with Gasteiger partial charge in [-0.2, -0.15) is 4.13 Å². The highest BCUT2D eigenvalue weighted by molar-refractivity contribution is 8.04. The van der Waals surface area contributed by atoms with Gasteiger partial charge in [0.05, 0.1) is 0 Å². The van der Waals surface area contributed by atoms with Gasteiger partial charge < -0.3 is 4.90 Å². The molecule has 0 saturated carbocycles. The first-order valence-corrected chi connectivity index (χ1v) is 5.46. The zero-order chi connectivity index (χ0) is 9.40. The van der Waals surface area contributed by atoms with E-state index in [0.717, 1.165) is 26.2 Å². The molecular weight excluding hydrogens is 190 g/mol. The molecule has 0 saturated heterocycles. The lowest BCUT2D eigenvalue weighted by atomic mass is 10.5. The Bertz CT molecular complexity index is 103. The Morgan fingerprint density at radius 2 is 1.92 bits per heavy atom. The second-order valence-electron chi connectivity index (χ2n) is 2.60. The molecule has 74 valence electrons. The van der Waals surface area contributed by atoms with Gasteiger partial charge in [0.1, 0.15) is 0 Å². The van der Waals surface area contributed by atoms with E-state index in [2.05, 4.69) is 47.0 Å². The fourth-order valence-electron chi connectivity index (χ4n) is 0.766. The van der Waals surface area contributed by atoms with Crippen LogP contribution < -0.4 is 4.13 Å². The van der Waals surface area contributed by atoms with E-state index < -0.39 is 0 Å². The van der Waals surface area contributed by atoms with Crippen LogP contribution in [0.3, 0.4) is 0 Å². The summed E-state index contributed by atoms with van der Waals surface area (Å²) < 4.78 is 5.01. The van der Waals surface area contributed by atoms with Crippen molar-refractivity contribution in [3.63, 3.8) is 0 Å². The van der Waals surface area contributed by atoms with Gasteiger partial charge in [0.25, 0.3) is 0 Å². The number of nitrogens with zero attached hydrogens (tertiary/aromatic N) is 2. The molecule has 1 N–H and O–H groups in total. The summed E-state index contributed by atoms with van der Waals surface area (Å²) in [6.07, 6.45) is 0. The molecule has 0 aliphatic heterocycles. The first kappa shape index (κ1) is 12.6. The molecule has 0 aromatic heterocycles. The molecule has 5 heteroatoms. The molecule has 0 spiro atoms. The van der Waals surface area contributed by atoms with Crippen molar-refractivity contribution in [2.24, 2.45) is 0 Å². The fraction of sp³-hybridized carbons (Fsp3) is 1.00. The minimum absolute atomic E-state index is 1.04. The number of hydrogen-bond acceptors (Lipinski definition) is 5. The highest BCUT2D eigenvalue weighted by Gasteiger charge is 2.02. The van der Waals surface area contributed by atoms with Gasteiger partial charge in [0, 0.05) is 31.8 Å². The van der Waals surface area contributed by atoms with E-state index in [1.807, 2.05) is 0 Å². The summed E-state index contributed by atoms with van der Waals surface area (Å²) in [6.45, 7) is 8.63. The molecule has 0 aliphatic rings. The summed E-state index contributed by atoms with van der Waals surface area (Å²) in [6, 6.07) is 0. The Kier molecular flexibility index (Phi) is 8.59. The molecule has 12 heavy (non-hydrogen) atoms. The Labute approximate surface area is 85.7 Å². The Morgan fingerprint density at radius 1 is 1.25 bits per heavy atom. The van der Waals surface area contributed by atoms with Gasteiger partial charge in [-0.05, 0) is 13.6 Å². The van der Waals surface area contributed by atoms with Crippen LogP contribution in [-0.2, 0) is 0 Å². The van der Waals surface area contributed by atoms with E-state index in [4.69, 9.17) is 0 Å². The Balaban J connectivity index is 3.43. The van der Waals surface area contributed by atoms with Crippen LogP contribution in [0.1, 0.15) is 13.8 Å². The maximum absolute atomic E-state index is 3.94. The fourth-order valence-corrected chi connectivity index (χ4v) is 1.53. The van der Waals surface area contributed by atoms with E-state index in [0.29, 0.717) is 0 Å². The molecule has 0 aromatic carbocycles. The average Bonchev–Trinajstić information content (AvgIpc) is 2.11. The minimum atomic E-state index is 1.04. The molecule has 0 unspecified atom stereocenters. The number of rotatable bonds is 7. The number of thiol groups is 1. The molecule has 0 aliphatic carbocycles. The van der Waals surface area contributed by atoms with Crippen molar-refractivity contribution in [3.05, 3.63) is 0 Å². The molecule has 0 heterocycles. The predicted molar refractivity (Wildman–Crippen MR) is 60.1 cm³/mol. The van der Waals surface area contributed by atoms with E-state index in [-0.39, 0.29) is 0 Å². The van der Waals surface area contributed by atoms with Crippen molar-refractivity contribution in [1.29, 1.82) is 0 Å². The second kappa shape index (κ2) is 8.19. The zero-order valence-electron chi connectivity index (χ0n) is 8.08. The van der Waals surface area contributed by atoms with Crippen molar-refractivity contribution in [1.82, 2.24) is 13.3 Å². The molecule has 0 radical (unpaired) electrons. The van der Waals surface area contributed by atoms with Crippen LogP contribution in [0.25, 0.3) is 0 Å². The molecule has 0 atom stereocenters. The largest absolute Gasteiger partial charge is 0.305 e. The van der Waals surface area contributed by atoms with Gasteiger partial charge in [-0.25, -0.2) is 4.31 Å². The number of hydrogen-bond donors (Lipinski definition) is 2. The number of nitrogens with one attached hydrogen (secondary N) is 1. The first-order chi connectivity index (χ1) is 5.74. The lowest BCUT2D eigenvalue weighted by Crippen LogP contribution is -2.30. The summed E-state index contributed by atoms with van der Waals surface area (Å²) >= 11 is 5.49. The molecular formula is C7H19N3S2. The van der Waals surface area contributed by atoms with Crippen LogP contribution in [0, 0.1) is 0 Å². The summed E-state index contributed by atoms with van der Waals surface area (Å²) in [5.41, 5.74) is 0. The molecule has 0 fully saturated rings. The van der Waals surface area contributed by atoms with Crippen LogP contribution in [-0.4, -0.2) is 42.4 Å². The third-order valence-corrected chi connectivity index (χ3v) is 2.82. The topological polar surface area (TPSA) is 18.5 Å². The van der Waals surface area contributed by atoms with Gasteiger partial charge in [0.2, 0.25) is 0 Å². The van der Waals surface area contributed by atoms with E-state index >= 15 is 0 Å². The van der Waals surface area contributed by atoms with E-state index in [9.17, 15) is 0 Å². The van der Waals surface area contributed by atoms with Gasteiger partial charge in [-0.15, -0.1) is 0 Å². The molecule has 0 aromatic rings. The standard InChI is InChI=1S/C7H19N3S2/c1-4-9(3)6-7-10(5-2)12-8-11/h8,11H,4-7H2,1-3H3. The Morgan fingerprint density at radius 3 is 2.33 bits per heavy atom. The zero-order valence-corrected chi connectivity index (χ0v) is 9.79. The first-order valence-electron chi connectivity index (χ1n) is 4.24. The maximum Gasteiger partial charge on any atom is 0.0229 e. The van der Waals surface area contributed by atoms with Gasteiger partial charge in [-0.1, -0.05) is 26.7 Å². The quantitative estimate of drug-likeness (QED) is 0.485. The summed E-state index contributed by atoms with van der Waals surface area (Å²) in [7, 11) is 2.13. The smallest absolute Gasteiger partial charge is 0.0229 e. The van der Waals surface area contributed by atoms with Gasteiger partial charge in [0.15, 0.2) is 0 Å². The van der Waals surface area contributed by atoms with Gasteiger partial charge in [-0.3, -0.25) is 0 Å². The summed E-state index contributed by atoms with van der Waals surface area (Å²) in [5, 5.41) is 0. The summed E-state index contributed by atoms with van der Waals surface area (Å²) in [4.78, 5) is 2.29. The summed E-state index contributed by atoms with van der Waals surface area (Å²) in [5.74, 6) is 0. The second-order valence-corrected chi connectivity index (χ2v) is 4.03. The highest BCUT2D eigenvalue weighted by Crippen LogP contribution is 2.04. The maximum atomic E-state index is 3.94. The van der Waals surface area contributed by atoms with Crippen molar-refractivity contribution < 1.29 is 0 Å². The van der Waals surface area contributed by atoms with Crippen LogP contribution >= 0.6 is 24.9 Å². The molecule has 0 rings (SSSR count). The third kappa shape index (κ3) is 6.14. The monoisotopic (exact) mass is 209 g/mol. The van der Waals surface area contributed by atoms with E-state index in [1.165, 1.54) is 0 Å². The van der Waals surface area contributed by atoms with Crippen LogP contribution in [0.2, 0.25) is 0 Å².